The van der Waals surface area contributed by atoms with E-state index in [4.69, 9.17) is 0 Å². The van der Waals surface area contributed by atoms with Crippen molar-refractivity contribution in [2.75, 3.05) is 5.32 Å². The number of amides is 1. The number of anilines is 1. The van der Waals surface area contributed by atoms with E-state index in [0.717, 1.165) is 6.42 Å². The predicted molar refractivity (Wildman–Crippen MR) is 105 cm³/mol. The molecule has 0 radical (unpaired) electrons. The molecule has 3 N–H and O–H groups in total. The van der Waals surface area contributed by atoms with Crippen molar-refractivity contribution >= 4 is 11.6 Å². The molecule has 0 aliphatic rings. The fourth-order valence-electron chi connectivity index (χ4n) is 3.03. The number of nitrogens with zero attached hydrogens (tertiary/aromatic N) is 1. The van der Waals surface area contributed by atoms with Gasteiger partial charge in [0.25, 0.3) is 5.91 Å². The predicted octanol–water partition coefficient (Wildman–Crippen LogP) is 3.41. The van der Waals surface area contributed by atoms with Gasteiger partial charge in [-0.1, -0.05) is 57.2 Å². The molecule has 0 heterocycles. The Morgan fingerprint density at radius 2 is 1.77 bits per heavy atom. The van der Waals surface area contributed by atoms with E-state index in [1.165, 1.54) is 11.1 Å². The molecule has 136 valence electrons. The molecule has 0 spiro atoms. The van der Waals surface area contributed by atoms with Crippen molar-refractivity contribution in [1.29, 1.82) is 5.26 Å². The van der Waals surface area contributed by atoms with Gasteiger partial charge < -0.3 is 10.6 Å². The molecule has 26 heavy (non-hydrogen) atoms. The SMILES string of the molecule is CCc1ccc([C@H]([NH2+][C@H](C)C(=O)Nc2ccccc2C#N)C(C)C)cc1. The van der Waals surface area contributed by atoms with Crippen LogP contribution >= 0.6 is 0 Å². The summed E-state index contributed by atoms with van der Waals surface area (Å²) in [5.41, 5.74) is 3.58. The third kappa shape index (κ3) is 4.93. The molecule has 0 fully saturated rings. The van der Waals surface area contributed by atoms with Gasteiger partial charge in [0.05, 0.1) is 11.3 Å². The number of carbonyl (C=O) groups is 1. The summed E-state index contributed by atoms with van der Waals surface area (Å²) in [5.74, 6) is 0.299. The highest BCUT2D eigenvalue weighted by atomic mass is 16.2. The first-order valence-corrected chi connectivity index (χ1v) is 9.20. The lowest BCUT2D eigenvalue weighted by Crippen LogP contribution is -2.93. The molecule has 1 amide bonds. The maximum atomic E-state index is 12.6. The third-order valence-corrected chi connectivity index (χ3v) is 4.71. The van der Waals surface area contributed by atoms with Gasteiger partial charge in [-0.15, -0.1) is 0 Å². The zero-order valence-electron chi connectivity index (χ0n) is 16.0. The van der Waals surface area contributed by atoms with Gasteiger partial charge in [0.15, 0.2) is 6.04 Å². The molecule has 0 saturated carbocycles. The van der Waals surface area contributed by atoms with Gasteiger partial charge in [-0.3, -0.25) is 4.79 Å². The van der Waals surface area contributed by atoms with E-state index in [1.807, 2.05) is 13.0 Å². The van der Waals surface area contributed by atoms with Crippen molar-refractivity contribution < 1.29 is 10.1 Å². The summed E-state index contributed by atoms with van der Waals surface area (Å²) >= 11 is 0. The van der Waals surface area contributed by atoms with E-state index in [2.05, 4.69) is 61.7 Å². The summed E-state index contributed by atoms with van der Waals surface area (Å²) in [6.07, 6.45) is 1.02. The number of aryl methyl sites for hydroxylation is 1. The zero-order chi connectivity index (χ0) is 19.1. The first kappa shape index (κ1) is 19.7. The van der Waals surface area contributed by atoms with Crippen LogP contribution in [0.1, 0.15) is 50.4 Å². The maximum absolute atomic E-state index is 12.6. The topological polar surface area (TPSA) is 69.5 Å². The van der Waals surface area contributed by atoms with Gasteiger partial charge >= 0.3 is 0 Å². The lowest BCUT2D eigenvalue weighted by atomic mass is 9.94. The number of nitrogens with two attached hydrogens (primary N) is 1. The smallest absolute Gasteiger partial charge is 0.282 e. The van der Waals surface area contributed by atoms with Crippen LogP contribution in [0.3, 0.4) is 0 Å². The Morgan fingerprint density at radius 3 is 2.35 bits per heavy atom. The van der Waals surface area contributed by atoms with Gasteiger partial charge in [0.2, 0.25) is 0 Å². The highest BCUT2D eigenvalue weighted by molar-refractivity contribution is 5.94. The second-order valence-corrected chi connectivity index (χ2v) is 6.99. The summed E-state index contributed by atoms with van der Waals surface area (Å²) in [6.45, 7) is 8.39. The van der Waals surface area contributed by atoms with Crippen LogP contribution in [0.15, 0.2) is 48.5 Å². The normalized spacial score (nSPS) is 13.1. The molecule has 0 unspecified atom stereocenters. The molecule has 0 aliphatic carbocycles. The van der Waals surface area contributed by atoms with Crippen LogP contribution in [0.5, 0.6) is 0 Å². The van der Waals surface area contributed by atoms with Crippen LogP contribution in [0.2, 0.25) is 0 Å². The molecule has 0 aliphatic heterocycles. The lowest BCUT2D eigenvalue weighted by Gasteiger charge is -2.23. The summed E-state index contributed by atoms with van der Waals surface area (Å²) in [4.78, 5) is 12.6. The number of hydrogen-bond acceptors (Lipinski definition) is 2. The molecule has 2 atom stereocenters. The fraction of sp³-hybridized carbons (Fsp3) is 0.364. The van der Waals surface area contributed by atoms with E-state index >= 15 is 0 Å². The maximum Gasteiger partial charge on any atom is 0.282 e. The van der Waals surface area contributed by atoms with Crippen molar-refractivity contribution in [2.24, 2.45) is 5.92 Å². The number of nitriles is 1. The summed E-state index contributed by atoms with van der Waals surface area (Å²) < 4.78 is 0. The fourth-order valence-corrected chi connectivity index (χ4v) is 3.03. The number of quaternary nitrogens is 1. The highest BCUT2D eigenvalue weighted by Gasteiger charge is 2.26. The summed E-state index contributed by atoms with van der Waals surface area (Å²) in [5, 5.41) is 14.2. The number of benzene rings is 2. The van der Waals surface area contributed by atoms with E-state index in [9.17, 15) is 10.1 Å². The Morgan fingerprint density at radius 1 is 1.12 bits per heavy atom. The van der Waals surface area contributed by atoms with E-state index < -0.39 is 0 Å². The second-order valence-electron chi connectivity index (χ2n) is 6.99. The first-order chi connectivity index (χ1) is 12.5. The Labute approximate surface area is 156 Å². The minimum absolute atomic E-state index is 0.0940. The van der Waals surface area contributed by atoms with Crippen LogP contribution in [0, 0.1) is 17.2 Å². The van der Waals surface area contributed by atoms with Gasteiger partial charge in [-0.2, -0.15) is 5.26 Å². The minimum Gasteiger partial charge on any atom is -0.330 e. The average molecular weight is 350 g/mol. The molecule has 0 bridgehead atoms. The molecule has 2 aromatic rings. The first-order valence-electron chi connectivity index (χ1n) is 9.20. The Balaban J connectivity index is 2.10. The van der Waals surface area contributed by atoms with Crippen LogP contribution in [-0.2, 0) is 11.2 Å². The number of nitrogens with one attached hydrogen (secondary N) is 1. The van der Waals surface area contributed by atoms with E-state index in [0.29, 0.717) is 17.2 Å². The van der Waals surface area contributed by atoms with Gasteiger partial charge in [-0.05, 0) is 31.0 Å². The standard InChI is InChI=1S/C22H27N3O/c1-5-17-10-12-18(13-11-17)21(15(2)3)24-16(4)22(26)25-20-9-7-6-8-19(20)14-23/h6-13,15-16,21,24H,5H2,1-4H3,(H,25,26)/p+1/t16-,21-/m1/s1. The minimum atomic E-state index is -0.264. The van der Waals surface area contributed by atoms with Gasteiger partial charge in [0, 0.05) is 11.5 Å². The molecule has 2 rings (SSSR count). The van der Waals surface area contributed by atoms with Crippen LogP contribution in [0.25, 0.3) is 0 Å². The molecule has 0 aromatic heterocycles. The lowest BCUT2D eigenvalue weighted by molar-refractivity contribution is -0.718. The average Bonchev–Trinajstić information content (AvgIpc) is 2.66. The van der Waals surface area contributed by atoms with Crippen molar-refractivity contribution in [3.05, 3.63) is 65.2 Å². The Kier molecular flexibility index (Phi) is 6.94. The number of hydrogen-bond donors (Lipinski definition) is 2. The Hall–Kier alpha value is -2.64. The van der Waals surface area contributed by atoms with Crippen molar-refractivity contribution in [1.82, 2.24) is 0 Å². The van der Waals surface area contributed by atoms with Gasteiger partial charge in [0.1, 0.15) is 12.1 Å². The van der Waals surface area contributed by atoms with Crippen LogP contribution < -0.4 is 10.6 Å². The monoisotopic (exact) mass is 350 g/mol. The Bertz CT molecular complexity index is 775. The van der Waals surface area contributed by atoms with Crippen molar-refractivity contribution in [3.8, 4) is 6.07 Å². The van der Waals surface area contributed by atoms with Crippen LogP contribution in [-0.4, -0.2) is 11.9 Å². The number of rotatable bonds is 7. The molecule has 4 heteroatoms. The van der Waals surface area contributed by atoms with Crippen LogP contribution in [0.4, 0.5) is 5.69 Å². The summed E-state index contributed by atoms with van der Waals surface area (Å²) in [7, 11) is 0. The number of carbonyl (C=O) groups excluding carboxylic acids is 1. The van der Waals surface area contributed by atoms with Crippen molar-refractivity contribution in [2.45, 2.75) is 46.2 Å². The molecule has 0 saturated heterocycles. The molecular formula is C22H28N3O+. The summed E-state index contributed by atoms with van der Waals surface area (Å²) in [6, 6.07) is 17.8. The zero-order valence-corrected chi connectivity index (χ0v) is 16.0. The largest absolute Gasteiger partial charge is 0.330 e. The van der Waals surface area contributed by atoms with E-state index in [1.54, 1.807) is 18.2 Å². The quantitative estimate of drug-likeness (QED) is 0.803. The molecular weight excluding hydrogens is 322 g/mol. The molecule has 2 aromatic carbocycles. The van der Waals surface area contributed by atoms with Crippen molar-refractivity contribution in [3.63, 3.8) is 0 Å². The second kappa shape index (κ2) is 9.17. The molecule has 4 nitrogen and oxygen atoms in total. The highest BCUT2D eigenvalue weighted by Crippen LogP contribution is 2.19. The van der Waals surface area contributed by atoms with E-state index in [-0.39, 0.29) is 18.0 Å². The van der Waals surface area contributed by atoms with Gasteiger partial charge in [-0.25, -0.2) is 0 Å². The third-order valence-electron chi connectivity index (χ3n) is 4.71. The number of para-hydroxylation sites is 1.